The molecule has 6 nitrogen and oxygen atoms in total. The fraction of sp³-hybridized carbons (Fsp3) is 0.250. The molecular formula is C28H30ClN3O3. The first-order valence-electron chi connectivity index (χ1n) is 11.5. The van der Waals surface area contributed by atoms with E-state index in [2.05, 4.69) is 29.1 Å². The third-order valence-electron chi connectivity index (χ3n) is 5.70. The minimum atomic E-state index is 0.0656. The molecule has 0 radical (unpaired) electrons. The molecule has 1 heterocycles. The number of nitrogens with zero attached hydrogens (tertiary/aromatic N) is 2. The van der Waals surface area contributed by atoms with Crippen molar-refractivity contribution in [1.82, 2.24) is 9.88 Å². The van der Waals surface area contributed by atoms with Crippen molar-refractivity contribution in [2.45, 2.75) is 6.54 Å². The Bertz CT molecular complexity index is 1270. The zero-order valence-electron chi connectivity index (χ0n) is 20.0. The molecular weight excluding hydrogens is 462 g/mol. The van der Waals surface area contributed by atoms with E-state index in [9.17, 15) is 5.11 Å². The van der Waals surface area contributed by atoms with Crippen LogP contribution in [0, 0.1) is 0 Å². The Hall–Kier alpha value is -3.16. The maximum Gasteiger partial charge on any atom is 0.199 e. The molecule has 7 heteroatoms. The number of aromatic nitrogens is 1. The maximum atomic E-state index is 10.8. The molecule has 3 aromatic carbocycles. The van der Waals surface area contributed by atoms with Gasteiger partial charge in [0.2, 0.25) is 0 Å². The number of hydrogen-bond acceptors (Lipinski definition) is 5. The van der Waals surface area contributed by atoms with Crippen molar-refractivity contribution < 1.29 is 14.6 Å². The van der Waals surface area contributed by atoms with Crippen molar-refractivity contribution in [3.63, 3.8) is 0 Å². The van der Waals surface area contributed by atoms with Crippen LogP contribution < -0.4 is 0 Å². The SMILES string of the molecule is COCCOCCN(C)Cc1ccc(N=C(c2ccccc2)c2c(O)[nH]c3cc(Cl)ccc23)cc1. The van der Waals surface area contributed by atoms with E-state index in [1.165, 1.54) is 5.56 Å². The molecule has 0 fully saturated rings. The first-order valence-corrected chi connectivity index (χ1v) is 11.9. The molecule has 0 unspecified atom stereocenters. The van der Waals surface area contributed by atoms with E-state index in [0.717, 1.165) is 35.2 Å². The summed E-state index contributed by atoms with van der Waals surface area (Å²) in [6.07, 6.45) is 0. The van der Waals surface area contributed by atoms with Crippen molar-refractivity contribution >= 4 is 33.9 Å². The number of fused-ring (bicyclic) bond motifs is 1. The van der Waals surface area contributed by atoms with E-state index in [4.69, 9.17) is 26.1 Å². The van der Waals surface area contributed by atoms with Crippen molar-refractivity contribution in [1.29, 1.82) is 0 Å². The molecule has 0 aliphatic heterocycles. The molecule has 0 spiro atoms. The number of halogens is 1. The number of aromatic amines is 1. The van der Waals surface area contributed by atoms with E-state index in [1.807, 2.05) is 54.6 Å². The number of benzene rings is 3. The summed E-state index contributed by atoms with van der Waals surface area (Å²) in [5, 5.41) is 12.3. The van der Waals surface area contributed by atoms with E-state index in [-0.39, 0.29) is 5.88 Å². The highest BCUT2D eigenvalue weighted by molar-refractivity contribution is 6.31. The molecule has 1 aromatic heterocycles. The minimum Gasteiger partial charge on any atom is -0.494 e. The van der Waals surface area contributed by atoms with Crippen molar-refractivity contribution in [2.24, 2.45) is 4.99 Å². The maximum absolute atomic E-state index is 10.8. The zero-order chi connectivity index (χ0) is 24.6. The number of hydrogen-bond donors (Lipinski definition) is 2. The van der Waals surface area contributed by atoms with Crippen LogP contribution in [0.15, 0.2) is 77.8 Å². The number of methoxy groups -OCH3 is 1. The molecule has 35 heavy (non-hydrogen) atoms. The number of aromatic hydroxyl groups is 1. The molecule has 2 N–H and O–H groups in total. The number of nitrogens with one attached hydrogen (secondary N) is 1. The lowest BCUT2D eigenvalue weighted by Gasteiger charge is -2.16. The second-order valence-corrected chi connectivity index (χ2v) is 8.81. The van der Waals surface area contributed by atoms with Gasteiger partial charge in [0.1, 0.15) is 0 Å². The van der Waals surface area contributed by atoms with Gasteiger partial charge in [0, 0.05) is 36.2 Å². The van der Waals surface area contributed by atoms with Crippen molar-refractivity contribution in [3.8, 4) is 5.88 Å². The summed E-state index contributed by atoms with van der Waals surface area (Å²) in [7, 11) is 3.75. The van der Waals surface area contributed by atoms with Crippen LogP contribution in [0.1, 0.15) is 16.7 Å². The Balaban J connectivity index is 1.57. The summed E-state index contributed by atoms with van der Waals surface area (Å²) in [5.74, 6) is 0.0656. The smallest absolute Gasteiger partial charge is 0.199 e. The average Bonchev–Trinajstić information content (AvgIpc) is 3.18. The van der Waals surface area contributed by atoms with Crippen molar-refractivity contribution in [3.05, 3.63) is 94.5 Å². The van der Waals surface area contributed by atoms with Crippen LogP contribution in [0.4, 0.5) is 5.69 Å². The molecule has 0 amide bonds. The van der Waals surface area contributed by atoms with Gasteiger partial charge in [-0.05, 0) is 36.9 Å². The van der Waals surface area contributed by atoms with Gasteiger partial charge in [-0.25, -0.2) is 4.99 Å². The number of rotatable bonds is 11. The summed E-state index contributed by atoms with van der Waals surface area (Å²) in [6.45, 7) is 3.54. The van der Waals surface area contributed by atoms with Crippen LogP contribution in [0.2, 0.25) is 5.02 Å². The highest BCUT2D eigenvalue weighted by atomic mass is 35.5. The predicted octanol–water partition coefficient (Wildman–Crippen LogP) is 5.79. The van der Waals surface area contributed by atoms with Gasteiger partial charge in [-0.2, -0.15) is 0 Å². The lowest BCUT2D eigenvalue weighted by molar-refractivity contribution is 0.0598. The summed E-state index contributed by atoms with van der Waals surface area (Å²) >= 11 is 6.16. The van der Waals surface area contributed by atoms with Gasteiger partial charge in [0.15, 0.2) is 5.88 Å². The second kappa shape index (κ2) is 12.0. The fourth-order valence-electron chi connectivity index (χ4n) is 3.92. The van der Waals surface area contributed by atoms with E-state index >= 15 is 0 Å². The Morgan fingerprint density at radius 3 is 2.51 bits per heavy atom. The molecule has 0 aliphatic carbocycles. The number of likely N-dealkylation sites (N-methyl/N-ethyl adjacent to an activating group) is 1. The Morgan fingerprint density at radius 2 is 1.77 bits per heavy atom. The monoisotopic (exact) mass is 491 g/mol. The van der Waals surface area contributed by atoms with E-state index < -0.39 is 0 Å². The van der Waals surface area contributed by atoms with Gasteiger partial charge in [-0.1, -0.05) is 60.1 Å². The largest absolute Gasteiger partial charge is 0.494 e. The molecule has 4 rings (SSSR count). The van der Waals surface area contributed by atoms with Crippen LogP contribution in [-0.4, -0.2) is 61.2 Å². The summed E-state index contributed by atoms with van der Waals surface area (Å²) in [4.78, 5) is 10.2. The fourth-order valence-corrected chi connectivity index (χ4v) is 4.09. The molecule has 182 valence electrons. The highest BCUT2D eigenvalue weighted by Gasteiger charge is 2.18. The van der Waals surface area contributed by atoms with Gasteiger partial charge in [-0.15, -0.1) is 0 Å². The molecule has 0 bridgehead atoms. The predicted molar refractivity (Wildman–Crippen MR) is 142 cm³/mol. The standard InChI is InChI=1S/C28H30ClN3O3/c1-32(14-15-35-17-16-34-2)19-20-8-11-23(12-9-20)30-27(21-6-4-3-5-7-21)26-24-13-10-22(29)18-25(24)31-28(26)33/h3-13,18,31,33H,14-17,19H2,1-2H3. The zero-order valence-corrected chi connectivity index (χ0v) is 20.8. The second-order valence-electron chi connectivity index (χ2n) is 8.37. The van der Waals surface area contributed by atoms with Gasteiger partial charge in [-0.3, -0.25) is 4.90 Å². The quantitative estimate of drug-likeness (QED) is 0.206. The average molecular weight is 492 g/mol. The molecule has 4 aromatic rings. The Kier molecular flexibility index (Phi) is 8.55. The van der Waals surface area contributed by atoms with E-state index in [1.54, 1.807) is 13.2 Å². The first kappa shape index (κ1) is 24.9. The van der Waals surface area contributed by atoms with Gasteiger partial charge in [0.25, 0.3) is 0 Å². The highest BCUT2D eigenvalue weighted by Crippen LogP contribution is 2.32. The van der Waals surface area contributed by atoms with Crippen LogP contribution in [0.25, 0.3) is 10.9 Å². The molecule has 0 aliphatic rings. The lowest BCUT2D eigenvalue weighted by Crippen LogP contribution is -2.23. The van der Waals surface area contributed by atoms with Crippen LogP contribution in [-0.2, 0) is 16.0 Å². The Morgan fingerprint density at radius 1 is 1.00 bits per heavy atom. The molecule has 0 saturated heterocycles. The molecule has 0 saturated carbocycles. The van der Waals surface area contributed by atoms with Crippen LogP contribution >= 0.6 is 11.6 Å². The van der Waals surface area contributed by atoms with Gasteiger partial charge < -0.3 is 19.6 Å². The Labute approximate surface area is 210 Å². The van der Waals surface area contributed by atoms with Crippen LogP contribution in [0.5, 0.6) is 5.88 Å². The third-order valence-corrected chi connectivity index (χ3v) is 5.94. The lowest BCUT2D eigenvalue weighted by atomic mass is 10.0. The number of ether oxygens (including phenoxy) is 2. The normalized spacial score (nSPS) is 12.1. The third kappa shape index (κ3) is 6.50. The molecule has 0 atom stereocenters. The number of aliphatic imine (C=N–C) groups is 1. The van der Waals surface area contributed by atoms with Gasteiger partial charge >= 0.3 is 0 Å². The topological polar surface area (TPSA) is 70.1 Å². The van der Waals surface area contributed by atoms with Crippen molar-refractivity contribution in [2.75, 3.05) is 40.5 Å². The summed E-state index contributed by atoms with van der Waals surface area (Å²) < 4.78 is 10.6. The summed E-state index contributed by atoms with van der Waals surface area (Å²) in [5.41, 5.74) is 5.01. The van der Waals surface area contributed by atoms with E-state index in [0.29, 0.717) is 36.1 Å². The van der Waals surface area contributed by atoms with Gasteiger partial charge in [0.05, 0.1) is 42.3 Å². The minimum absolute atomic E-state index is 0.0656. The number of H-pyrrole nitrogens is 1. The van der Waals surface area contributed by atoms with Crippen LogP contribution in [0.3, 0.4) is 0 Å². The summed E-state index contributed by atoms with van der Waals surface area (Å²) in [6, 6.07) is 23.6. The first-order chi connectivity index (χ1) is 17.0.